The highest BCUT2D eigenvalue weighted by molar-refractivity contribution is 6.11. The van der Waals surface area contributed by atoms with E-state index in [9.17, 15) is 14.9 Å². The van der Waals surface area contributed by atoms with Gasteiger partial charge >= 0.3 is 5.97 Å². The highest BCUT2D eigenvalue weighted by Gasteiger charge is 2.20. The molecule has 0 unspecified atom stereocenters. The molecule has 1 aliphatic heterocycles. The smallest absolute Gasteiger partial charge is 0.322 e. The van der Waals surface area contributed by atoms with Gasteiger partial charge in [0.2, 0.25) is 0 Å². The van der Waals surface area contributed by atoms with Crippen molar-refractivity contribution >= 4 is 22.6 Å². The Hall–Kier alpha value is -4.00. The van der Waals surface area contributed by atoms with Gasteiger partial charge in [-0.15, -0.1) is 0 Å². The van der Waals surface area contributed by atoms with Crippen LogP contribution in [0.1, 0.15) is 16.2 Å². The lowest BCUT2D eigenvalue weighted by Crippen LogP contribution is -2.30. The third-order valence-electron chi connectivity index (χ3n) is 4.84. The number of rotatable bonds is 5. The van der Waals surface area contributed by atoms with Crippen molar-refractivity contribution in [2.24, 2.45) is 0 Å². The number of aromatic nitrogens is 1. The van der Waals surface area contributed by atoms with Crippen LogP contribution in [0, 0.1) is 11.3 Å². The third kappa shape index (κ3) is 6.04. The Balaban J connectivity index is 0.000000442. The molecule has 0 spiro atoms. The number of hydrogen-bond donors (Lipinski definition) is 3. The Bertz CT molecular complexity index is 1160. The van der Waals surface area contributed by atoms with Crippen molar-refractivity contribution in [2.75, 3.05) is 40.0 Å². The summed E-state index contributed by atoms with van der Waals surface area (Å²) >= 11 is 0. The van der Waals surface area contributed by atoms with Crippen molar-refractivity contribution in [1.29, 1.82) is 5.26 Å². The van der Waals surface area contributed by atoms with Gasteiger partial charge < -0.3 is 25.2 Å². The molecule has 0 saturated carbocycles. The van der Waals surface area contributed by atoms with Gasteiger partial charge in [0, 0.05) is 24.0 Å². The van der Waals surface area contributed by atoms with E-state index in [1.165, 1.54) is 7.11 Å². The van der Waals surface area contributed by atoms with Crippen LogP contribution in [0.15, 0.2) is 48.5 Å². The van der Waals surface area contributed by atoms with Crippen LogP contribution in [-0.2, 0) is 9.53 Å². The van der Waals surface area contributed by atoms with Crippen LogP contribution < -0.4 is 15.4 Å². The number of ether oxygens (including phenoxy) is 2. The van der Waals surface area contributed by atoms with Crippen LogP contribution in [0.4, 0.5) is 0 Å². The number of nitriles is 1. The minimum atomic E-state index is -1.17. The number of carboxylic acid groups (broad SMARTS) is 1. The monoisotopic (exact) mass is 448 g/mol. The second kappa shape index (κ2) is 11.6. The standard InChI is InChI=1S/C20H15N3O4.C4H9NO/c1-27-13-7-8-14-15(9-13)18(12-5-3-2-4-6-12)16(10-21)23-19(14)20(26)22-11-17(24)25;1-3-6-4-2-5-1/h2-9H,11H2,1H3,(H,22,26)(H,24,25);5H,1-4H2. The number of pyridine rings is 1. The first-order chi connectivity index (χ1) is 16.0. The van der Waals surface area contributed by atoms with Gasteiger partial charge in [-0.2, -0.15) is 5.26 Å². The van der Waals surface area contributed by atoms with Crippen molar-refractivity contribution in [1.82, 2.24) is 15.6 Å². The van der Waals surface area contributed by atoms with E-state index in [4.69, 9.17) is 14.6 Å². The van der Waals surface area contributed by atoms with E-state index in [-0.39, 0.29) is 11.4 Å². The Morgan fingerprint density at radius 3 is 2.45 bits per heavy atom. The molecule has 9 nitrogen and oxygen atoms in total. The van der Waals surface area contributed by atoms with Crippen molar-refractivity contribution in [2.45, 2.75) is 0 Å². The molecule has 1 amide bonds. The molecule has 1 saturated heterocycles. The molecule has 0 aliphatic carbocycles. The summed E-state index contributed by atoms with van der Waals surface area (Å²) in [6.07, 6.45) is 0. The average Bonchev–Trinajstić information content (AvgIpc) is 2.87. The fourth-order valence-corrected chi connectivity index (χ4v) is 3.33. The minimum Gasteiger partial charge on any atom is -0.497 e. The summed E-state index contributed by atoms with van der Waals surface area (Å²) < 4.78 is 10.3. The molecule has 1 aliphatic rings. The fourth-order valence-electron chi connectivity index (χ4n) is 3.33. The number of nitrogens with one attached hydrogen (secondary N) is 2. The number of carbonyl (C=O) groups excluding carboxylic acids is 1. The Labute approximate surface area is 191 Å². The molecule has 9 heteroatoms. The lowest BCUT2D eigenvalue weighted by atomic mass is 9.95. The van der Waals surface area contributed by atoms with Gasteiger partial charge in [-0.05, 0) is 29.1 Å². The summed E-state index contributed by atoms with van der Waals surface area (Å²) in [5.41, 5.74) is 1.42. The van der Waals surface area contributed by atoms with E-state index in [0.717, 1.165) is 31.9 Å². The van der Waals surface area contributed by atoms with E-state index >= 15 is 0 Å². The predicted octanol–water partition coefficient (Wildman–Crippen LogP) is 2.20. The van der Waals surface area contributed by atoms with Crippen LogP contribution in [0.2, 0.25) is 0 Å². The van der Waals surface area contributed by atoms with Crippen LogP contribution in [0.25, 0.3) is 21.9 Å². The van der Waals surface area contributed by atoms with Crippen molar-refractivity contribution in [3.63, 3.8) is 0 Å². The molecule has 33 heavy (non-hydrogen) atoms. The maximum absolute atomic E-state index is 12.5. The quantitative estimate of drug-likeness (QED) is 0.541. The van der Waals surface area contributed by atoms with Crippen molar-refractivity contribution < 1.29 is 24.2 Å². The summed E-state index contributed by atoms with van der Waals surface area (Å²) in [5, 5.41) is 25.0. The van der Waals surface area contributed by atoms with Gasteiger partial charge in [0.1, 0.15) is 29.8 Å². The zero-order valence-electron chi connectivity index (χ0n) is 18.1. The van der Waals surface area contributed by atoms with Crippen LogP contribution in [0.5, 0.6) is 5.75 Å². The van der Waals surface area contributed by atoms with Crippen molar-refractivity contribution in [3.8, 4) is 22.9 Å². The number of morpholine rings is 1. The molecule has 2 aromatic carbocycles. The molecule has 4 rings (SSSR count). The molecule has 170 valence electrons. The first-order valence-electron chi connectivity index (χ1n) is 10.3. The minimum absolute atomic E-state index is 0.00914. The summed E-state index contributed by atoms with van der Waals surface area (Å²) in [4.78, 5) is 27.4. The number of carboxylic acids is 1. The zero-order chi connectivity index (χ0) is 23.6. The van der Waals surface area contributed by atoms with E-state index in [2.05, 4.69) is 15.6 Å². The first-order valence-corrected chi connectivity index (χ1v) is 10.3. The number of benzene rings is 2. The number of nitrogens with zero attached hydrogens (tertiary/aromatic N) is 2. The second-order valence-electron chi connectivity index (χ2n) is 7.01. The van der Waals surface area contributed by atoms with Crippen LogP contribution >= 0.6 is 0 Å². The average molecular weight is 448 g/mol. The molecule has 3 aromatic rings. The summed E-state index contributed by atoms with van der Waals surface area (Å²) in [6, 6.07) is 16.4. The number of carbonyl (C=O) groups is 2. The van der Waals surface area contributed by atoms with E-state index in [1.807, 2.05) is 36.4 Å². The van der Waals surface area contributed by atoms with E-state index < -0.39 is 18.4 Å². The predicted molar refractivity (Wildman–Crippen MR) is 122 cm³/mol. The van der Waals surface area contributed by atoms with Crippen LogP contribution in [0.3, 0.4) is 0 Å². The van der Waals surface area contributed by atoms with Crippen LogP contribution in [-0.4, -0.2) is 61.9 Å². The van der Waals surface area contributed by atoms with Crippen molar-refractivity contribution in [3.05, 3.63) is 59.9 Å². The number of amides is 1. The van der Waals surface area contributed by atoms with Gasteiger partial charge in [0.05, 0.1) is 20.3 Å². The molecule has 0 radical (unpaired) electrons. The van der Waals surface area contributed by atoms with Gasteiger partial charge in [-0.1, -0.05) is 30.3 Å². The molecule has 1 aromatic heterocycles. The zero-order valence-corrected chi connectivity index (χ0v) is 18.1. The topological polar surface area (TPSA) is 134 Å². The van der Waals surface area contributed by atoms with Gasteiger partial charge in [0.15, 0.2) is 0 Å². The highest BCUT2D eigenvalue weighted by Crippen LogP contribution is 2.34. The summed E-state index contributed by atoms with van der Waals surface area (Å²) in [5.74, 6) is -1.27. The number of aliphatic carboxylic acids is 1. The maximum atomic E-state index is 12.5. The highest BCUT2D eigenvalue weighted by atomic mass is 16.5. The largest absolute Gasteiger partial charge is 0.497 e. The molecule has 2 heterocycles. The Kier molecular flexibility index (Phi) is 8.30. The number of fused-ring (bicyclic) bond motifs is 1. The van der Waals surface area contributed by atoms with Gasteiger partial charge in [0.25, 0.3) is 5.91 Å². The fraction of sp³-hybridized carbons (Fsp3) is 0.250. The molecule has 3 N–H and O–H groups in total. The normalized spacial score (nSPS) is 12.7. The lowest BCUT2D eigenvalue weighted by Gasteiger charge is -2.13. The Morgan fingerprint density at radius 2 is 1.91 bits per heavy atom. The molecular formula is C24H24N4O5. The summed E-state index contributed by atoms with van der Waals surface area (Å²) in [6.45, 7) is 3.29. The number of methoxy groups -OCH3 is 1. The molecular weight excluding hydrogens is 424 g/mol. The summed E-state index contributed by atoms with van der Waals surface area (Å²) in [7, 11) is 1.52. The SMILES string of the molecule is C1COCCN1.COc1ccc2c(C(=O)NCC(=O)O)nc(C#N)c(-c3ccccc3)c2c1. The second-order valence-corrected chi connectivity index (χ2v) is 7.01. The lowest BCUT2D eigenvalue weighted by molar-refractivity contribution is -0.135. The Morgan fingerprint density at radius 1 is 1.18 bits per heavy atom. The van der Waals surface area contributed by atoms with Gasteiger partial charge in [-0.25, -0.2) is 4.98 Å². The van der Waals surface area contributed by atoms with E-state index in [1.54, 1.807) is 18.2 Å². The third-order valence-corrected chi connectivity index (χ3v) is 4.84. The maximum Gasteiger partial charge on any atom is 0.322 e. The molecule has 1 fully saturated rings. The van der Waals surface area contributed by atoms with Gasteiger partial charge in [-0.3, -0.25) is 9.59 Å². The molecule has 0 atom stereocenters. The van der Waals surface area contributed by atoms with E-state index in [0.29, 0.717) is 22.1 Å². The molecule has 0 bridgehead atoms. The number of hydrogen-bond acceptors (Lipinski definition) is 7. The first kappa shape index (κ1) is 23.7.